The molecule has 0 aromatic carbocycles. The summed E-state index contributed by atoms with van der Waals surface area (Å²) in [6.07, 6.45) is 3.64. The van der Waals surface area contributed by atoms with Crippen molar-refractivity contribution < 1.29 is 19.5 Å². The third-order valence-corrected chi connectivity index (χ3v) is 0.236. The van der Waals surface area contributed by atoms with Gasteiger partial charge in [-0.15, -0.1) is 23.9 Å². The second-order valence-corrected chi connectivity index (χ2v) is 0.569. The molecule has 0 aromatic heterocycles. The van der Waals surface area contributed by atoms with Crippen LogP contribution in [-0.4, -0.2) is 0 Å². The average Bonchev–Trinajstić information content (AvgIpc) is 1.37. The molecule has 0 amide bonds. The Hall–Kier alpha value is 0.713. The van der Waals surface area contributed by atoms with Gasteiger partial charge in [0.2, 0.25) is 0 Å². The molecule has 6 heavy (non-hydrogen) atoms. The van der Waals surface area contributed by atoms with Gasteiger partial charge in [0.05, 0.1) is 0 Å². The standard InChI is InChI=1S/C4H7.BrH.Zn/c1-3-4-2;;/h3-4H,1H2,2H3;1H;/q-1;;. The minimum atomic E-state index is 0. The summed E-state index contributed by atoms with van der Waals surface area (Å²) in [5, 5.41) is 0. The Morgan fingerprint density at radius 1 is 1.50 bits per heavy atom. The van der Waals surface area contributed by atoms with Gasteiger partial charge in [0.15, 0.2) is 0 Å². The molecule has 0 spiro atoms. The molecule has 0 aliphatic rings. The van der Waals surface area contributed by atoms with Crippen LogP contribution in [0.2, 0.25) is 0 Å². The third-order valence-electron chi connectivity index (χ3n) is 0.236. The van der Waals surface area contributed by atoms with Crippen LogP contribution >= 0.6 is 17.0 Å². The first-order valence-corrected chi connectivity index (χ1v) is 1.32. The average molecular weight is 201 g/mol. The SMILES string of the molecule is Br.[CH2-]C=CC.[Zn]. The number of hydrogen-bond acceptors (Lipinski definition) is 0. The molecular formula is C4H8BrZn-. The third kappa shape index (κ3) is 22.1. The van der Waals surface area contributed by atoms with Gasteiger partial charge in [-0.2, -0.15) is 0 Å². The van der Waals surface area contributed by atoms with E-state index in [-0.39, 0.29) is 36.5 Å². The van der Waals surface area contributed by atoms with Crippen LogP contribution in [0.4, 0.5) is 0 Å². The van der Waals surface area contributed by atoms with Crippen molar-refractivity contribution >= 4 is 17.0 Å². The summed E-state index contributed by atoms with van der Waals surface area (Å²) in [7, 11) is 0. The molecule has 34 valence electrons. The van der Waals surface area contributed by atoms with Crippen LogP contribution < -0.4 is 0 Å². The molecule has 0 unspecified atom stereocenters. The van der Waals surface area contributed by atoms with E-state index < -0.39 is 0 Å². The first kappa shape index (κ1) is 15.9. The summed E-state index contributed by atoms with van der Waals surface area (Å²) < 4.78 is 0. The van der Waals surface area contributed by atoms with Crippen molar-refractivity contribution in [1.29, 1.82) is 0 Å². The second kappa shape index (κ2) is 17.2. The molecule has 0 aromatic rings. The van der Waals surface area contributed by atoms with Crippen LogP contribution in [0.5, 0.6) is 0 Å². The molecule has 0 radical (unpaired) electrons. The quantitative estimate of drug-likeness (QED) is 0.415. The van der Waals surface area contributed by atoms with Crippen LogP contribution in [-0.2, 0) is 19.5 Å². The first-order valence-electron chi connectivity index (χ1n) is 1.32. The van der Waals surface area contributed by atoms with Crippen molar-refractivity contribution in [3.05, 3.63) is 19.1 Å². The molecule has 0 rings (SSSR count). The minimum Gasteiger partial charge on any atom is -0.245 e. The van der Waals surface area contributed by atoms with E-state index in [9.17, 15) is 0 Å². The van der Waals surface area contributed by atoms with E-state index in [4.69, 9.17) is 0 Å². The van der Waals surface area contributed by atoms with Crippen molar-refractivity contribution in [1.82, 2.24) is 0 Å². The smallest absolute Gasteiger partial charge is 0 e. The topological polar surface area (TPSA) is 0 Å². The molecule has 0 saturated carbocycles. The van der Waals surface area contributed by atoms with Gasteiger partial charge in [0.1, 0.15) is 0 Å². The Morgan fingerprint density at radius 3 is 1.67 bits per heavy atom. The van der Waals surface area contributed by atoms with E-state index in [0.29, 0.717) is 0 Å². The fourth-order valence-corrected chi connectivity index (χ4v) is 0. The van der Waals surface area contributed by atoms with Crippen molar-refractivity contribution in [2.75, 3.05) is 0 Å². The van der Waals surface area contributed by atoms with Gasteiger partial charge in [-0.25, -0.2) is 19.1 Å². The van der Waals surface area contributed by atoms with E-state index in [1.165, 1.54) is 0 Å². The molecule has 0 N–H and O–H groups in total. The summed E-state index contributed by atoms with van der Waals surface area (Å²) in [6, 6.07) is 0. The molecular weight excluding hydrogens is 193 g/mol. The van der Waals surface area contributed by atoms with Gasteiger partial charge >= 0.3 is 0 Å². The summed E-state index contributed by atoms with van der Waals surface area (Å²) in [5.41, 5.74) is 0. The molecule has 0 saturated heterocycles. The van der Waals surface area contributed by atoms with Crippen LogP contribution in [0.25, 0.3) is 0 Å². The van der Waals surface area contributed by atoms with Crippen LogP contribution in [0, 0.1) is 6.92 Å². The molecule has 0 fully saturated rings. The zero-order valence-electron chi connectivity index (χ0n) is 3.98. The van der Waals surface area contributed by atoms with Gasteiger partial charge in [-0.3, -0.25) is 0 Å². The summed E-state index contributed by atoms with van der Waals surface area (Å²) in [5.74, 6) is 0. The largest absolute Gasteiger partial charge is 0.245 e. The van der Waals surface area contributed by atoms with Gasteiger partial charge in [-0.1, -0.05) is 0 Å². The maximum atomic E-state index is 3.42. The Kier molecular flexibility index (Phi) is 45.7. The Bertz CT molecular complexity index is 22.7. The van der Waals surface area contributed by atoms with Crippen molar-refractivity contribution in [3.8, 4) is 0 Å². The molecule has 0 aliphatic heterocycles. The fraction of sp³-hybridized carbons (Fsp3) is 0.250. The van der Waals surface area contributed by atoms with E-state index >= 15 is 0 Å². The summed E-state index contributed by atoms with van der Waals surface area (Å²) >= 11 is 0. The molecule has 0 atom stereocenters. The molecule has 0 aliphatic carbocycles. The van der Waals surface area contributed by atoms with Crippen molar-refractivity contribution in [2.24, 2.45) is 0 Å². The Labute approximate surface area is 62.5 Å². The van der Waals surface area contributed by atoms with E-state index in [1.54, 1.807) is 6.08 Å². The second-order valence-electron chi connectivity index (χ2n) is 0.569. The summed E-state index contributed by atoms with van der Waals surface area (Å²) in [4.78, 5) is 0. The van der Waals surface area contributed by atoms with Crippen molar-refractivity contribution in [3.63, 3.8) is 0 Å². The van der Waals surface area contributed by atoms with E-state index in [2.05, 4.69) is 6.92 Å². The van der Waals surface area contributed by atoms with Gasteiger partial charge in [0, 0.05) is 19.5 Å². The van der Waals surface area contributed by atoms with Gasteiger partial charge in [0.25, 0.3) is 0 Å². The zero-order chi connectivity index (χ0) is 3.41. The molecule has 2 heteroatoms. The number of allylic oxidation sites excluding steroid dienone is 2. The van der Waals surface area contributed by atoms with Crippen molar-refractivity contribution in [2.45, 2.75) is 6.92 Å². The number of hydrogen-bond donors (Lipinski definition) is 0. The minimum absolute atomic E-state index is 0. The Balaban J connectivity index is -0.0000000450. The number of rotatable bonds is 0. The number of halogens is 1. The van der Waals surface area contributed by atoms with E-state index in [1.807, 2.05) is 13.0 Å². The first-order chi connectivity index (χ1) is 1.91. The predicted molar refractivity (Wildman–Crippen MR) is 30.5 cm³/mol. The normalized spacial score (nSPS) is 6.17. The molecule has 0 heterocycles. The predicted octanol–water partition coefficient (Wildman–Crippen LogP) is 1.97. The fourth-order valence-electron chi connectivity index (χ4n) is 0. The van der Waals surface area contributed by atoms with Crippen LogP contribution in [0.15, 0.2) is 12.2 Å². The maximum absolute atomic E-state index is 3.42. The molecule has 0 nitrogen and oxygen atoms in total. The summed E-state index contributed by atoms with van der Waals surface area (Å²) in [6.45, 7) is 5.36. The molecule has 0 bridgehead atoms. The zero-order valence-corrected chi connectivity index (χ0v) is 8.66. The maximum Gasteiger partial charge on any atom is 0 e. The Morgan fingerprint density at radius 2 is 1.67 bits per heavy atom. The van der Waals surface area contributed by atoms with E-state index in [0.717, 1.165) is 0 Å². The van der Waals surface area contributed by atoms with Crippen LogP contribution in [0.1, 0.15) is 6.92 Å². The van der Waals surface area contributed by atoms with Crippen LogP contribution in [0.3, 0.4) is 0 Å². The van der Waals surface area contributed by atoms with Gasteiger partial charge < -0.3 is 0 Å². The monoisotopic (exact) mass is 199 g/mol. The van der Waals surface area contributed by atoms with Gasteiger partial charge in [-0.05, 0) is 0 Å².